The molecule has 0 bridgehead atoms. The smallest absolute Gasteiger partial charge is 0.249 e. The first kappa shape index (κ1) is 14.4. The Kier molecular flexibility index (Phi) is 4.14. The SMILES string of the molecule is CP(=O)(Cc1ccc2c(c1)CCNC2)Oc1ccccc1. The standard InChI is InChI=1S/C17H20NO2P/c1-21(19,20-17-5-3-2-4-6-17)13-14-7-8-16-12-18-10-9-15(16)11-14/h2-8,11,18H,9-10,12-13H2,1H3. The molecule has 1 aliphatic heterocycles. The summed E-state index contributed by atoms with van der Waals surface area (Å²) < 4.78 is 18.4. The number of rotatable bonds is 4. The van der Waals surface area contributed by atoms with E-state index in [4.69, 9.17) is 4.52 Å². The van der Waals surface area contributed by atoms with Gasteiger partial charge in [-0.05, 0) is 41.8 Å². The highest BCUT2D eigenvalue weighted by Gasteiger charge is 2.19. The zero-order valence-electron chi connectivity index (χ0n) is 12.2. The van der Waals surface area contributed by atoms with E-state index in [0.717, 1.165) is 25.1 Å². The van der Waals surface area contributed by atoms with Crippen LogP contribution in [0.2, 0.25) is 0 Å². The second kappa shape index (κ2) is 6.05. The van der Waals surface area contributed by atoms with Crippen LogP contribution in [0, 0.1) is 0 Å². The number of hydrogen-bond acceptors (Lipinski definition) is 3. The number of hydrogen-bond donors (Lipinski definition) is 1. The summed E-state index contributed by atoms with van der Waals surface area (Å²) in [6, 6.07) is 15.8. The van der Waals surface area contributed by atoms with Crippen LogP contribution >= 0.6 is 7.37 Å². The first-order chi connectivity index (χ1) is 10.1. The Labute approximate surface area is 125 Å². The Morgan fingerprint density at radius 3 is 2.76 bits per heavy atom. The van der Waals surface area contributed by atoms with Gasteiger partial charge in [-0.3, -0.25) is 4.57 Å². The molecule has 0 aliphatic carbocycles. The van der Waals surface area contributed by atoms with E-state index in [1.807, 2.05) is 30.3 Å². The summed E-state index contributed by atoms with van der Waals surface area (Å²) in [4.78, 5) is 0. The van der Waals surface area contributed by atoms with Crippen molar-refractivity contribution in [1.82, 2.24) is 5.32 Å². The summed E-state index contributed by atoms with van der Waals surface area (Å²) in [6.07, 6.45) is 1.51. The molecule has 3 nitrogen and oxygen atoms in total. The van der Waals surface area contributed by atoms with Crippen LogP contribution in [-0.2, 0) is 23.7 Å². The minimum absolute atomic E-state index is 0.475. The topological polar surface area (TPSA) is 38.3 Å². The van der Waals surface area contributed by atoms with Crippen LogP contribution in [0.25, 0.3) is 0 Å². The van der Waals surface area contributed by atoms with Crippen LogP contribution in [0.3, 0.4) is 0 Å². The average Bonchev–Trinajstić information content (AvgIpc) is 2.47. The van der Waals surface area contributed by atoms with Gasteiger partial charge in [-0.25, -0.2) is 0 Å². The van der Waals surface area contributed by atoms with Gasteiger partial charge in [0.05, 0.1) is 6.16 Å². The van der Waals surface area contributed by atoms with E-state index >= 15 is 0 Å². The molecule has 0 spiro atoms. The van der Waals surface area contributed by atoms with Crippen molar-refractivity contribution in [3.63, 3.8) is 0 Å². The largest absolute Gasteiger partial charge is 0.443 e. The summed E-state index contributed by atoms with van der Waals surface area (Å²) in [5.41, 5.74) is 3.81. The van der Waals surface area contributed by atoms with Gasteiger partial charge in [0.25, 0.3) is 0 Å². The van der Waals surface area contributed by atoms with Gasteiger partial charge in [-0.15, -0.1) is 0 Å². The fourth-order valence-electron chi connectivity index (χ4n) is 2.70. The van der Waals surface area contributed by atoms with Crippen LogP contribution in [0.5, 0.6) is 5.75 Å². The third-order valence-electron chi connectivity index (χ3n) is 3.67. The molecule has 1 atom stereocenters. The summed E-state index contributed by atoms with van der Waals surface area (Å²) in [5.74, 6) is 0.672. The molecule has 1 heterocycles. The van der Waals surface area contributed by atoms with Crippen LogP contribution in [0.4, 0.5) is 0 Å². The molecule has 1 N–H and O–H groups in total. The van der Waals surface area contributed by atoms with Gasteiger partial charge in [-0.1, -0.05) is 36.4 Å². The highest BCUT2D eigenvalue weighted by molar-refractivity contribution is 7.57. The zero-order chi connectivity index (χ0) is 14.7. The summed E-state index contributed by atoms with van der Waals surface area (Å²) in [5, 5.41) is 3.36. The van der Waals surface area contributed by atoms with E-state index < -0.39 is 7.37 Å². The third-order valence-corrected chi connectivity index (χ3v) is 5.21. The van der Waals surface area contributed by atoms with E-state index in [2.05, 4.69) is 23.5 Å². The minimum atomic E-state index is -2.69. The Morgan fingerprint density at radius 2 is 1.95 bits per heavy atom. The average molecular weight is 301 g/mol. The summed E-state index contributed by atoms with van der Waals surface area (Å²) in [7, 11) is -2.69. The Balaban J connectivity index is 1.74. The highest BCUT2D eigenvalue weighted by Crippen LogP contribution is 2.46. The fraction of sp³-hybridized carbons (Fsp3) is 0.294. The van der Waals surface area contributed by atoms with E-state index in [1.165, 1.54) is 11.1 Å². The molecule has 21 heavy (non-hydrogen) atoms. The molecule has 3 rings (SSSR count). The van der Waals surface area contributed by atoms with Gasteiger partial charge >= 0.3 is 0 Å². The van der Waals surface area contributed by atoms with Crippen molar-refractivity contribution in [2.75, 3.05) is 13.2 Å². The van der Waals surface area contributed by atoms with Gasteiger partial charge in [-0.2, -0.15) is 0 Å². The van der Waals surface area contributed by atoms with Crippen molar-refractivity contribution in [1.29, 1.82) is 0 Å². The molecule has 0 amide bonds. The summed E-state index contributed by atoms with van der Waals surface area (Å²) in [6.45, 7) is 3.65. The third kappa shape index (κ3) is 3.75. The number of nitrogens with one attached hydrogen (secondary N) is 1. The Morgan fingerprint density at radius 1 is 1.14 bits per heavy atom. The number of para-hydroxylation sites is 1. The van der Waals surface area contributed by atoms with Crippen LogP contribution in [0.15, 0.2) is 48.5 Å². The van der Waals surface area contributed by atoms with E-state index in [1.54, 1.807) is 6.66 Å². The van der Waals surface area contributed by atoms with Crippen molar-refractivity contribution in [2.24, 2.45) is 0 Å². The van der Waals surface area contributed by atoms with Crippen molar-refractivity contribution < 1.29 is 9.09 Å². The lowest BCUT2D eigenvalue weighted by Gasteiger charge is -2.19. The summed E-state index contributed by atoms with van der Waals surface area (Å²) >= 11 is 0. The van der Waals surface area contributed by atoms with Gasteiger partial charge in [0.15, 0.2) is 0 Å². The number of benzene rings is 2. The first-order valence-corrected chi connectivity index (χ1v) is 9.51. The molecule has 1 unspecified atom stereocenters. The molecule has 0 aromatic heterocycles. The van der Waals surface area contributed by atoms with Gasteiger partial charge in [0, 0.05) is 13.2 Å². The van der Waals surface area contributed by atoms with Gasteiger partial charge in [0.2, 0.25) is 7.37 Å². The maximum Gasteiger partial charge on any atom is 0.249 e. The molecule has 2 aromatic carbocycles. The molecule has 0 radical (unpaired) electrons. The van der Waals surface area contributed by atoms with Crippen LogP contribution in [-0.4, -0.2) is 13.2 Å². The molecule has 1 aliphatic rings. The van der Waals surface area contributed by atoms with Gasteiger partial charge < -0.3 is 9.84 Å². The Hall–Kier alpha value is -1.57. The second-order valence-electron chi connectivity index (χ2n) is 5.61. The normalized spacial score (nSPS) is 16.8. The van der Waals surface area contributed by atoms with Crippen molar-refractivity contribution in [2.45, 2.75) is 19.1 Å². The molecule has 0 saturated carbocycles. The molecule has 110 valence electrons. The lowest BCUT2D eigenvalue weighted by Crippen LogP contribution is -2.23. The van der Waals surface area contributed by atoms with Crippen molar-refractivity contribution in [3.05, 3.63) is 65.2 Å². The second-order valence-corrected chi connectivity index (χ2v) is 8.13. The Bertz CT molecular complexity index is 670. The molecular weight excluding hydrogens is 281 g/mol. The fourth-order valence-corrected chi connectivity index (χ4v) is 4.19. The van der Waals surface area contributed by atoms with Crippen LogP contribution in [0.1, 0.15) is 16.7 Å². The maximum atomic E-state index is 12.7. The molecular formula is C17H20NO2P. The molecule has 0 saturated heterocycles. The monoisotopic (exact) mass is 301 g/mol. The molecule has 2 aromatic rings. The quantitative estimate of drug-likeness (QED) is 0.873. The number of fused-ring (bicyclic) bond motifs is 1. The van der Waals surface area contributed by atoms with E-state index in [9.17, 15) is 4.57 Å². The maximum absolute atomic E-state index is 12.7. The lowest BCUT2D eigenvalue weighted by molar-refractivity contribution is 0.486. The van der Waals surface area contributed by atoms with E-state index in [-0.39, 0.29) is 0 Å². The minimum Gasteiger partial charge on any atom is -0.443 e. The lowest BCUT2D eigenvalue weighted by atomic mass is 9.99. The molecule has 0 fully saturated rings. The first-order valence-electron chi connectivity index (χ1n) is 7.25. The zero-order valence-corrected chi connectivity index (χ0v) is 13.1. The van der Waals surface area contributed by atoms with Gasteiger partial charge in [0.1, 0.15) is 5.75 Å². The molecule has 4 heteroatoms. The van der Waals surface area contributed by atoms with E-state index in [0.29, 0.717) is 11.9 Å². The predicted molar refractivity (Wildman–Crippen MR) is 86.2 cm³/mol. The van der Waals surface area contributed by atoms with Crippen molar-refractivity contribution >= 4 is 7.37 Å². The van der Waals surface area contributed by atoms with Crippen molar-refractivity contribution in [3.8, 4) is 5.75 Å². The highest BCUT2D eigenvalue weighted by atomic mass is 31.2. The predicted octanol–water partition coefficient (Wildman–Crippen LogP) is 3.82. The van der Waals surface area contributed by atoms with Crippen LogP contribution < -0.4 is 9.84 Å².